The van der Waals surface area contributed by atoms with Crippen molar-refractivity contribution in [3.63, 3.8) is 0 Å². The van der Waals surface area contributed by atoms with Crippen molar-refractivity contribution in [2.75, 3.05) is 0 Å². The summed E-state index contributed by atoms with van der Waals surface area (Å²) in [6.45, 7) is 1.63. The summed E-state index contributed by atoms with van der Waals surface area (Å²) >= 11 is 0. The molecule has 1 heterocycles. The van der Waals surface area contributed by atoms with Crippen LogP contribution in [0, 0.1) is 12.7 Å². The van der Waals surface area contributed by atoms with Crippen molar-refractivity contribution in [2.24, 2.45) is 0 Å². The molecular formula is C14H10FN3O2. The van der Waals surface area contributed by atoms with E-state index in [4.69, 9.17) is 0 Å². The van der Waals surface area contributed by atoms with E-state index in [0.717, 1.165) is 0 Å². The van der Waals surface area contributed by atoms with Gasteiger partial charge in [-0.3, -0.25) is 0 Å². The molecule has 0 saturated carbocycles. The first-order valence-corrected chi connectivity index (χ1v) is 5.92. The van der Waals surface area contributed by atoms with E-state index in [2.05, 4.69) is 10.3 Å². The Hall–Kier alpha value is -2.76. The largest absolute Gasteiger partial charge is 0.478 e. The van der Waals surface area contributed by atoms with E-state index in [-0.39, 0.29) is 11.4 Å². The van der Waals surface area contributed by atoms with Gasteiger partial charge in [0.25, 0.3) is 0 Å². The fourth-order valence-electron chi connectivity index (χ4n) is 2.09. The summed E-state index contributed by atoms with van der Waals surface area (Å²) in [5, 5.41) is 17.1. The molecule has 0 unspecified atom stereocenters. The molecule has 0 fully saturated rings. The summed E-state index contributed by atoms with van der Waals surface area (Å²) in [5.74, 6) is -1.38. The van der Waals surface area contributed by atoms with Crippen LogP contribution < -0.4 is 0 Å². The highest BCUT2D eigenvalue weighted by atomic mass is 19.1. The molecule has 0 spiro atoms. The van der Waals surface area contributed by atoms with Gasteiger partial charge in [0.2, 0.25) is 0 Å². The average Bonchev–Trinajstić information content (AvgIpc) is 2.85. The van der Waals surface area contributed by atoms with Crippen LogP contribution in [0.5, 0.6) is 0 Å². The Balaban J connectivity index is 2.31. The normalized spacial score (nSPS) is 10.9. The van der Waals surface area contributed by atoms with Gasteiger partial charge in [-0.2, -0.15) is 0 Å². The van der Waals surface area contributed by atoms with Gasteiger partial charge in [0.05, 0.1) is 11.3 Å². The van der Waals surface area contributed by atoms with Gasteiger partial charge in [-0.05, 0) is 42.8 Å². The molecule has 1 aromatic heterocycles. The van der Waals surface area contributed by atoms with Gasteiger partial charge in [0.15, 0.2) is 0 Å². The maximum Gasteiger partial charge on any atom is 0.337 e. The number of carbonyl (C=O) groups is 1. The summed E-state index contributed by atoms with van der Waals surface area (Å²) in [7, 11) is 0. The quantitative estimate of drug-likeness (QED) is 0.777. The number of fused-ring (bicyclic) bond motifs is 1. The van der Waals surface area contributed by atoms with Crippen LogP contribution in [0.2, 0.25) is 0 Å². The van der Waals surface area contributed by atoms with Crippen LogP contribution in [-0.2, 0) is 0 Å². The molecule has 3 rings (SSSR count). The zero-order valence-corrected chi connectivity index (χ0v) is 10.5. The van der Waals surface area contributed by atoms with E-state index in [0.29, 0.717) is 22.3 Å². The third-order valence-electron chi connectivity index (χ3n) is 3.08. The van der Waals surface area contributed by atoms with Crippen molar-refractivity contribution in [2.45, 2.75) is 6.92 Å². The van der Waals surface area contributed by atoms with E-state index in [1.807, 2.05) is 0 Å². The molecule has 20 heavy (non-hydrogen) atoms. The molecule has 6 heteroatoms. The van der Waals surface area contributed by atoms with E-state index in [1.165, 1.54) is 22.9 Å². The first-order valence-electron chi connectivity index (χ1n) is 5.92. The fraction of sp³-hybridized carbons (Fsp3) is 0.0714. The first kappa shape index (κ1) is 12.3. The highest BCUT2D eigenvalue weighted by Crippen LogP contribution is 2.21. The molecule has 1 N–H and O–H groups in total. The van der Waals surface area contributed by atoms with Crippen LogP contribution in [0.1, 0.15) is 15.9 Å². The monoisotopic (exact) mass is 271 g/mol. The minimum atomic E-state index is -1.06. The van der Waals surface area contributed by atoms with Crippen LogP contribution in [0.25, 0.3) is 16.7 Å². The second-order valence-electron chi connectivity index (χ2n) is 4.41. The second-order valence-corrected chi connectivity index (χ2v) is 4.41. The minimum absolute atomic E-state index is 0.106. The predicted molar refractivity (Wildman–Crippen MR) is 70.5 cm³/mol. The third kappa shape index (κ3) is 1.82. The van der Waals surface area contributed by atoms with Gasteiger partial charge in [-0.1, -0.05) is 11.3 Å². The SMILES string of the molecule is Cc1cc(-n2nnc3cccc(C(=O)O)c32)ccc1F. The van der Waals surface area contributed by atoms with Crippen molar-refractivity contribution in [1.29, 1.82) is 0 Å². The Morgan fingerprint density at radius 3 is 2.80 bits per heavy atom. The van der Waals surface area contributed by atoms with Crippen molar-refractivity contribution in [1.82, 2.24) is 15.0 Å². The molecule has 0 atom stereocenters. The molecule has 0 aliphatic carbocycles. The highest BCUT2D eigenvalue weighted by molar-refractivity contribution is 6.01. The van der Waals surface area contributed by atoms with Crippen molar-refractivity contribution in [3.8, 4) is 5.69 Å². The number of benzene rings is 2. The van der Waals surface area contributed by atoms with E-state index < -0.39 is 5.97 Å². The molecule has 100 valence electrons. The number of carboxylic acids is 1. The molecular weight excluding hydrogens is 261 g/mol. The summed E-state index contributed by atoms with van der Waals surface area (Å²) < 4.78 is 14.7. The number of aryl methyl sites for hydroxylation is 1. The van der Waals surface area contributed by atoms with Gasteiger partial charge in [-0.25, -0.2) is 13.9 Å². The van der Waals surface area contributed by atoms with Crippen LogP contribution in [0.15, 0.2) is 36.4 Å². The topological polar surface area (TPSA) is 68.0 Å². The van der Waals surface area contributed by atoms with E-state index in [9.17, 15) is 14.3 Å². The molecule has 0 bridgehead atoms. The van der Waals surface area contributed by atoms with Gasteiger partial charge in [0, 0.05) is 0 Å². The lowest BCUT2D eigenvalue weighted by atomic mass is 10.1. The number of aromatic nitrogens is 3. The number of aromatic carboxylic acids is 1. The second kappa shape index (κ2) is 4.41. The maximum absolute atomic E-state index is 13.3. The molecule has 3 aromatic rings. The molecule has 2 aromatic carbocycles. The lowest BCUT2D eigenvalue weighted by Gasteiger charge is -2.06. The van der Waals surface area contributed by atoms with E-state index in [1.54, 1.807) is 25.1 Å². The number of hydrogen-bond acceptors (Lipinski definition) is 3. The number of halogens is 1. The number of carboxylic acid groups (broad SMARTS) is 1. The van der Waals surface area contributed by atoms with Crippen molar-refractivity contribution >= 4 is 17.0 Å². The number of para-hydroxylation sites is 1. The Kier molecular flexibility index (Phi) is 2.71. The molecule has 0 saturated heterocycles. The number of hydrogen-bond donors (Lipinski definition) is 1. The highest BCUT2D eigenvalue weighted by Gasteiger charge is 2.15. The van der Waals surface area contributed by atoms with Crippen LogP contribution in [-0.4, -0.2) is 26.1 Å². The Bertz CT molecular complexity index is 826. The third-order valence-corrected chi connectivity index (χ3v) is 3.08. The van der Waals surface area contributed by atoms with Crippen molar-refractivity contribution in [3.05, 3.63) is 53.3 Å². The van der Waals surface area contributed by atoms with Gasteiger partial charge in [0.1, 0.15) is 16.9 Å². The lowest BCUT2D eigenvalue weighted by molar-refractivity contribution is 0.0698. The Labute approximate surface area is 113 Å². The molecule has 0 aliphatic rings. The number of rotatable bonds is 2. The smallest absolute Gasteiger partial charge is 0.337 e. The first-order chi connectivity index (χ1) is 9.58. The Morgan fingerprint density at radius 2 is 2.10 bits per heavy atom. The van der Waals surface area contributed by atoms with Crippen LogP contribution in [0.3, 0.4) is 0 Å². The lowest BCUT2D eigenvalue weighted by Crippen LogP contribution is -2.04. The molecule has 0 amide bonds. The van der Waals surface area contributed by atoms with E-state index >= 15 is 0 Å². The van der Waals surface area contributed by atoms with Gasteiger partial charge < -0.3 is 5.11 Å². The molecule has 0 radical (unpaired) electrons. The zero-order chi connectivity index (χ0) is 14.3. The summed E-state index contributed by atoms with van der Waals surface area (Å²) in [6.07, 6.45) is 0. The minimum Gasteiger partial charge on any atom is -0.478 e. The molecule has 0 aliphatic heterocycles. The van der Waals surface area contributed by atoms with Gasteiger partial charge in [-0.15, -0.1) is 5.10 Å². The number of nitrogens with zero attached hydrogens (tertiary/aromatic N) is 3. The van der Waals surface area contributed by atoms with Crippen LogP contribution >= 0.6 is 0 Å². The summed E-state index contributed by atoms with van der Waals surface area (Å²) in [4.78, 5) is 11.3. The zero-order valence-electron chi connectivity index (χ0n) is 10.5. The van der Waals surface area contributed by atoms with Gasteiger partial charge >= 0.3 is 5.97 Å². The summed E-state index contributed by atoms with van der Waals surface area (Å²) in [6, 6.07) is 9.24. The Morgan fingerprint density at radius 1 is 1.30 bits per heavy atom. The average molecular weight is 271 g/mol. The van der Waals surface area contributed by atoms with Crippen LogP contribution in [0.4, 0.5) is 4.39 Å². The van der Waals surface area contributed by atoms with Crippen molar-refractivity contribution < 1.29 is 14.3 Å². The predicted octanol–water partition coefficient (Wildman–Crippen LogP) is 2.57. The standard InChI is InChI=1S/C14H10FN3O2/c1-8-7-9(5-6-11(8)15)18-13-10(14(19)20)3-2-4-12(13)16-17-18/h2-7H,1H3,(H,19,20). The fourth-order valence-corrected chi connectivity index (χ4v) is 2.09. The molecule has 5 nitrogen and oxygen atoms in total. The maximum atomic E-state index is 13.3. The summed E-state index contributed by atoms with van der Waals surface area (Å²) in [5.41, 5.74) is 2.01.